The minimum Gasteiger partial charge on any atom is -0.465 e. The number of nitrogens with two attached hydrogens (primary N) is 1. The average molecular weight is 262 g/mol. The zero-order valence-electron chi connectivity index (χ0n) is 11.5. The molecule has 4 nitrogen and oxygen atoms in total. The van der Waals surface area contributed by atoms with Crippen LogP contribution in [0, 0.1) is 0 Å². The van der Waals surface area contributed by atoms with E-state index in [0.29, 0.717) is 6.61 Å². The molecule has 0 aromatic heterocycles. The molecule has 1 unspecified atom stereocenters. The van der Waals surface area contributed by atoms with Crippen molar-refractivity contribution < 1.29 is 9.53 Å². The summed E-state index contributed by atoms with van der Waals surface area (Å²) in [4.78, 5) is 14.2. The summed E-state index contributed by atoms with van der Waals surface area (Å²) in [6.45, 7) is 3.94. The van der Waals surface area contributed by atoms with E-state index in [0.717, 1.165) is 43.6 Å². The van der Waals surface area contributed by atoms with Crippen LogP contribution in [0.4, 0.5) is 5.69 Å². The van der Waals surface area contributed by atoms with E-state index in [4.69, 9.17) is 10.5 Å². The van der Waals surface area contributed by atoms with Crippen LogP contribution in [0.1, 0.15) is 31.7 Å². The highest BCUT2D eigenvalue weighted by atomic mass is 16.5. The lowest BCUT2D eigenvalue weighted by Gasteiger charge is -2.34. The van der Waals surface area contributed by atoms with E-state index in [1.165, 1.54) is 0 Å². The zero-order valence-corrected chi connectivity index (χ0v) is 11.5. The molecule has 1 heterocycles. The van der Waals surface area contributed by atoms with Crippen LogP contribution in [0.3, 0.4) is 0 Å². The van der Waals surface area contributed by atoms with E-state index in [1.54, 1.807) is 0 Å². The number of ether oxygens (including phenoxy) is 1. The van der Waals surface area contributed by atoms with Crippen molar-refractivity contribution in [1.29, 1.82) is 0 Å². The van der Waals surface area contributed by atoms with Crippen molar-refractivity contribution >= 4 is 11.7 Å². The van der Waals surface area contributed by atoms with Gasteiger partial charge in [-0.1, -0.05) is 24.6 Å². The van der Waals surface area contributed by atoms with Crippen LogP contribution in [-0.2, 0) is 16.1 Å². The Morgan fingerprint density at radius 1 is 1.42 bits per heavy atom. The molecule has 0 bridgehead atoms. The number of para-hydroxylation sites is 1. The van der Waals surface area contributed by atoms with Gasteiger partial charge in [0.2, 0.25) is 0 Å². The topological polar surface area (TPSA) is 55.6 Å². The van der Waals surface area contributed by atoms with Crippen molar-refractivity contribution in [3.8, 4) is 0 Å². The largest absolute Gasteiger partial charge is 0.465 e. The first-order chi connectivity index (χ1) is 9.22. The number of esters is 1. The molecule has 104 valence electrons. The predicted molar refractivity (Wildman–Crippen MR) is 75.5 cm³/mol. The molecule has 1 aliphatic rings. The Morgan fingerprint density at radius 3 is 2.95 bits per heavy atom. The fourth-order valence-corrected chi connectivity index (χ4v) is 2.58. The first-order valence-corrected chi connectivity index (χ1v) is 6.96. The number of carbonyl (C=O) groups excluding carboxylic acids is 1. The van der Waals surface area contributed by atoms with Gasteiger partial charge in [-0.25, -0.2) is 0 Å². The number of benzene rings is 1. The van der Waals surface area contributed by atoms with E-state index in [2.05, 4.69) is 4.90 Å². The van der Waals surface area contributed by atoms with Gasteiger partial charge in [-0.15, -0.1) is 0 Å². The number of nitrogens with zero attached hydrogens (tertiary/aromatic N) is 1. The molecule has 19 heavy (non-hydrogen) atoms. The number of hydrogen-bond acceptors (Lipinski definition) is 4. The van der Waals surface area contributed by atoms with Crippen LogP contribution in [0.5, 0.6) is 0 Å². The Balaban J connectivity index is 2.07. The van der Waals surface area contributed by atoms with E-state index in [1.807, 2.05) is 31.2 Å². The van der Waals surface area contributed by atoms with Gasteiger partial charge in [0.25, 0.3) is 0 Å². The maximum absolute atomic E-state index is 12.0. The molecule has 0 amide bonds. The molecule has 1 saturated heterocycles. The normalized spacial score (nSPS) is 20.2. The molecule has 0 radical (unpaired) electrons. The first kappa shape index (κ1) is 13.9. The minimum absolute atomic E-state index is 0.100. The van der Waals surface area contributed by atoms with Gasteiger partial charge in [0.05, 0.1) is 6.61 Å². The third kappa shape index (κ3) is 3.47. The van der Waals surface area contributed by atoms with Crippen molar-refractivity contribution in [2.75, 3.05) is 18.9 Å². The smallest absolute Gasteiger partial charge is 0.323 e. The summed E-state index contributed by atoms with van der Waals surface area (Å²) in [6.07, 6.45) is 3.10. The zero-order chi connectivity index (χ0) is 13.7. The first-order valence-electron chi connectivity index (χ1n) is 6.96. The monoisotopic (exact) mass is 262 g/mol. The molecule has 1 fully saturated rings. The van der Waals surface area contributed by atoms with Crippen LogP contribution in [0.15, 0.2) is 24.3 Å². The Hall–Kier alpha value is -1.55. The molecule has 2 rings (SSSR count). The molecule has 0 spiro atoms. The third-order valence-corrected chi connectivity index (χ3v) is 3.60. The van der Waals surface area contributed by atoms with Crippen LogP contribution < -0.4 is 5.73 Å². The summed E-state index contributed by atoms with van der Waals surface area (Å²) in [5.74, 6) is -0.100. The number of anilines is 1. The van der Waals surface area contributed by atoms with E-state index in [-0.39, 0.29) is 12.0 Å². The second kappa shape index (κ2) is 6.57. The highest BCUT2D eigenvalue weighted by Crippen LogP contribution is 2.22. The summed E-state index contributed by atoms with van der Waals surface area (Å²) in [5.41, 5.74) is 7.84. The van der Waals surface area contributed by atoms with Gasteiger partial charge in [-0.3, -0.25) is 9.69 Å². The van der Waals surface area contributed by atoms with Gasteiger partial charge >= 0.3 is 5.97 Å². The number of carbonyl (C=O) groups is 1. The summed E-state index contributed by atoms with van der Waals surface area (Å²) in [6, 6.07) is 7.71. The van der Waals surface area contributed by atoms with Gasteiger partial charge in [-0.05, 0) is 37.9 Å². The quantitative estimate of drug-likeness (QED) is 0.667. The van der Waals surface area contributed by atoms with Gasteiger partial charge in [0.1, 0.15) is 6.04 Å². The van der Waals surface area contributed by atoms with Gasteiger partial charge < -0.3 is 10.5 Å². The number of nitrogen functional groups attached to an aromatic ring is 1. The molecule has 1 aromatic carbocycles. The molecular weight excluding hydrogens is 240 g/mol. The standard InChI is InChI=1S/C15H22N2O2/c1-2-19-15(18)14-9-5-6-10-17(14)11-12-7-3-4-8-13(12)16/h3-4,7-8,14H,2,5-6,9-11,16H2,1H3. The lowest BCUT2D eigenvalue weighted by Crippen LogP contribution is -2.45. The lowest BCUT2D eigenvalue weighted by atomic mass is 10.0. The van der Waals surface area contributed by atoms with Crippen LogP contribution in [0.25, 0.3) is 0 Å². The second-order valence-corrected chi connectivity index (χ2v) is 4.93. The Morgan fingerprint density at radius 2 is 2.21 bits per heavy atom. The van der Waals surface area contributed by atoms with Crippen LogP contribution in [0.2, 0.25) is 0 Å². The predicted octanol–water partition coefficient (Wildman–Crippen LogP) is 2.19. The van der Waals surface area contributed by atoms with Crippen molar-refractivity contribution in [2.45, 2.75) is 38.8 Å². The van der Waals surface area contributed by atoms with Gasteiger partial charge in [-0.2, -0.15) is 0 Å². The van der Waals surface area contributed by atoms with Crippen LogP contribution >= 0.6 is 0 Å². The maximum Gasteiger partial charge on any atom is 0.323 e. The number of rotatable bonds is 4. The molecule has 2 N–H and O–H groups in total. The Kier molecular flexibility index (Phi) is 4.80. The number of hydrogen-bond donors (Lipinski definition) is 1. The Labute approximate surface area is 114 Å². The molecule has 1 aliphatic heterocycles. The van der Waals surface area contributed by atoms with E-state index in [9.17, 15) is 4.79 Å². The average Bonchev–Trinajstić information content (AvgIpc) is 2.42. The molecular formula is C15H22N2O2. The van der Waals surface area contributed by atoms with Crippen molar-refractivity contribution in [3.05, 3.63) is 29.8 Å². The minimum atomic E-state index is -0.117. The maximum atomic E-state index is 12.0. The van der Waals surface area contributed by atoms with Crippen molar-refractivity contribution in [1.82, 2.24) is 4.90 Å². The molecule has 0 aliphatic carbocycles. The molecule has 1 atom stereocenters. The summed E-state index contributed by atoms with van der Waals surface area (Å²) in [7, 11) is 0. The second-order valence-electron chi connectivity index (χ2n) is 4.93. The summed E-state index contributed by atoms with van der Waals surface area (Å²) in [5, 5.41) is 0. The highest BCUT2D eigenvalue weighted by molar-refractivity contribution is 5.75. The molecule has 0 saturated carbocycles. The van der Waals surface area contributed by atoms with E-state index < -0.39 is 0 Å². The summed E-state index contributed by atoms with van der Waals surface area (Å²) < 4.78 is 5.17. The molecule has 4 heteroatoms. The van der Waals surface area contributed by atoms with Crippen molar-refractivity contribution in [2.24, 2.45) is 0 Å². The Bertz CT molecular complexity index is 434. The lowest BCUT2D eigenvalue weighted by molar-refractivity contribution is -0.151. The van der Waals surface area contributed by atoms with Crippen LogP contribution in [-0.4, -0.2) is 30.1 Å². The fourth-order valence-electron chi connectivity index (χ4n) is 2.58. The molecule has 1 aromatic rings. The fraction of sp³-hybridized carbons (Fsp3) is 0.533. The third-order valence-electron chi connectivity index (χ3n) is 3.60. The van der Waals surface area contributed by atoms with Gasteiger partial charge in [0.15, 0.2) is 0 Å². The van der Waals surface area contributed by atoms with E-state index >= 15 is 0 Å². The SMILES string of the molecule is CCOC(=O)C1CCCCN1Cc1ccccc1N. The van der Waals surface area contributed by atoms with Gasteiger partial charge in [0, 0.05) is 12.2 Å². The van der Waals surface area contributed by atoms with Crippen molar-refractivity contribution in [3.63, 3.8) is 0 Å². The number of piperidine rings is 1. The highest BCUT2D eigenvalue weighted by Gasteiger charge is 2.29. The number of likely N-dealkylation sites (tertiary alicyclic amines) is 1. The summed E-state index contributed by atoms with van der Waals surface area (Å²) >= 11 is 0.